The van der Waals surface area contributed by atoms with Gasteiger partial charge in [0, 0.05) is 19.5 Å². The summed E-state index contributed by atoms with van der Waals surface area (Å²) in [6, 6.07) is 5.62. The highest BCUT2D eigenvalue weighted by atomic mass is 16.5. The molecular formula is C18H27NO5. The van der Waals surface area contributed by atoms with E-state index < -0.39 is 0 Å². The minimum atomic E-state index is -0.333. The van der Waals surface area contributed by atoms with Gasteiger partial charge in [0.05, 0.1) is 27.2 Å². The van der Waals surface area contributed by atoms with Gasteiger partial charge in [-0.05, 0) is 31.0 Å². The first-order valence-electron chi connectivity index (χ1n) is 8.03. The molecule has 0 N–H and O–H groups in total. The molecule has 6 heteroatoms. The Morgan fingerprint density at radius 3 is 2.33 bits per heavy atom. The Kier molecular flexibility index (Phi) is 8.09. The number of carbonyl (C=O) groups excluding carboxylic acids is 2. The number of nitrogens with zero attached hydrogens (tertiary/aromatic N) is 1. The first-order valence-corrected chi connectivity index (χ1v) is 8.03. The van der Waals surface area contributed by atoms with Gasteiger partial charge in [-0.25, -0.2) is 0 Å². The van der Waals surface area contributed by atoms with Gasteiger partial charge < -0.3 is 19.1 Å². The van der Waals surface area contributed by atoms with Gasteiger partial charge in [-0.1, -0.05) is 13.0 Å². The van der Waals surface area contributed by atoms with Gasteiger partial charge in [-0.3, -0.25) is 9.59 Å². The van der Waals surface area contributed by atoms with E-state index >= 15 is 0 Å². The molecule has 24 heavy (non-hydrogen) atoms. The van der Waals surface area contributed by atoms with Gasteiger partial charge in [0.25, 0.3) is 0 Å². The minimum Gasteiger partial charge on any atom is -0.493 e. The number of rotatable bonds is 9. The van der Waals surface area contributed by atoms with Crippen molar-refractivity contribution < 1.29 is 23.8 Å². The van der Waals surface area contributed by atoms with Crippen molar-refractivity contribution in [1.29, 1.82) is 0 Å². The maximum atomic E-state index is 12.4. The van der Waals surface area contributed by atoms with E-state index in [4.69, 9.17) is 14.2 Å². The van der Waals surface area contributed by atoms with Gasteiger partial charge in [0.2, 0.25) is 5.91 Å². The number of ether oxygens (including phenoxy) is 3. The Hall–Kier alpha value is -2.24. The summed E-state index contributed by atoms with van der Waals surface area (Å²) in [5.41, 5.74) is 0.998. The van der Waals surface area contributed by atoms with E-state index in [-0.39, 0.29) is 17.8 Å². The van der Waals surface area contributed by atoms with E-state index in [0.29, 0.717) is 37.4 Å². The van der Waals surface area contributed by atoms with Crippen molar-refractivity contribution in [2.75, 3.05) is 34.4 Å². The van der Waals surface area contributed by atoms with Crippen LogP contribution < -0.4 is 9.47 Å². The quantitative estimate of drug-likeness (QED) is 0.647. The van der Waals surface area contributed by atoms with Crippen molar-refractivity contribution in [2.45, 2.75) is 26.7 Å². The van der Waals surface area contributed by atoms with Crippen molar-refractivity contribution in [3.63, 3.8) is 0 Å². The molecule has 0 heterocycles. The van der Waals surface area contributed by atoms with Gasteiger partial charge in [-0.2, -0.15) is 0 Å². The number of amides is 1. The normalized spacial score (nSPS) is 11.5. The van der Waals surface area contributed by atoms with E-state index in [9.17, 15) is 9.59 Å². The molecule has 0 aromatic heterocycles. The molecule has 0 aliphatic heterocycles. The van der Waals surface area contributed by atoms with E-state index in [0.717, 1.165) is 5.56 Å². The lowest BCUT2D eigenvalue weighted by molar-refractivity contribution is -0.146. The van der Waals surface area contributed by atoms with Crippen molar-refractivity contribution in [1.82, 2.24) is 4.90 Å². The van der Waals surface area contributed by atoms with Crippen LogP contribution in [0.2, 0.25) is 0 Å². The molecule has 0 spiro atoms. The first kappa shape index (κ1) is 19.8. The zero-order chi connectivity index (χ0) is 18.1. The molecular weight excluding hydrogens is 310 g/mol. The molecule has 1 atom stereocenters. The number of carbonyl (C=O) groups is 2. The van der Waals surface area contributed by atoms with Crippen LogP contribution in [0.3, 0.4) is 0 Å². The maximum absolute atomic E-state index is 12.4. The van der Waals surface area contributed by atoms with Gasteiger partial charge in [0.15, 0.2) is 11.5 Å². The predicted octanol–water partition coefficient (Wildman–Crippen LogP) is 2.29. The Morgan fingerprint density at radius 2 is 1.79 bits per heavy atom. The molecule has 0 radical (unpaired) electrons. The molecule has 134 valence electrons. The molecule has 1 unspecified atom stereocenters. The molecule has 1 aromatic carbocycles. The fourth-order valence-corrected chi connectivity index (χ4v) is 2.46. The Bertz CT molecular complexity index is 558. The Balaban J connectivity index is 2.64. The van der Waals surface area contributed by atoms with Gasteiger partial charge in [-0.15, -0.1) is 0 Å². The number of benzene rings is 1. The lowest BCUT2D eigenvalue weighted by atomic mass is 10.1. The SMILES string of the molecule is CCN(CC(C)C(=O)OC)C(=O)CCc1ccc(OC)c(OC)c1. The number of hydrogen-bond acceptors (Lipinski definition) is 5. The maximum Gasteiger partial charge on any atom is 0.310 e. The summed E-state index contributed by atoms with van der Waals surface area (Å²) in [5, 5.41) is 0. The van der Waals surface area contributed by atoms with E-state index in [1.807, 2.05) is 25.1 Å². The highest BCUT2D eigenvalue weighted by molar-refractivity contribution is 5.78. The highest BCUT2D eigenvalue weighted by Crippen LogP contribution is 2.28. The van der Waals surface area contributed by atoms with Crippen LogP contribution in [0.4, 0.5) is 0 Å². The molecule has 1 rings (SSSR count). The summed E-state index contributed by atoms with van der Waals surface area (Å²) in [5.74, 6) is 0.688. The van der Waals surface area contributed by atoms with Gasteiger partial charge in [0.1, 0.15) is 0 Å². The average Bonchev–Trinajstić information content (AvgIpc) is 2.62. The summed E-state index contributed by atoms with van der Waals surface area (Å²) in [4.78, 5) is 25.6. The molecule has 0 saturated heterocycles. The van der Waals surface area contributed by atoms with Crippen LogP contribution in [-0.2, 0) is 20.7 Å². The fourth-order valence-electron chi connectivity index (χ4n) is 2.46. The van der Waals surface area contributed by atoms with E-state index in [1.165, 1.54) is 7.11 Å². The van der Waals surface area contributed by atoms with Crippen LogP contribution >= 0.6 is 0 Å². The number of aryl methyl sites for hydroxylation is 1. The monoisotopic (exact) mass is 337 g/mol. The van der Waals surface area contributed by atoms with Crippen LogP contribution in [0, 0.1) is 5.92 Å². The summed E-state index contributed by atoms with van der Waals surface area (Å²) >= 11 is 0. The van der Waals surface area contributed by atoms with E-state index in [1.54, 1.807) is 26.0 Å². The number of esters is 1. The molecule has 0 fully saturated rings. The van der Waals surface area contributed by atoms with Crippen molar-refractivity contribution in [3.05, 3.63) is 23.8 Å². The fraction of sp³-hybridized carbons (Fsp3) is 0.556. The van der Waals surface area contributed by atoms with Crippen LogP contribution in [0.15, 0.2) is 18.2 Å². The van der Waals surface area contributed by atoms with Crippen molar-refractivity contribution in [2.24, 2.45) is 5.92 Å². The molecule has 0 saturated carbocycles. The molecule has 1 aromatic rings. The smallest absolute Gasteiger partial charge is 0.310 e. The number of methoxy groups -OCH3 is 3. The second kappa shape index (κ2) is 9.80. The largest absolute Gasteiger partial charge is 0.493 e. The molecule has 0 bridgehead atoms. The molecule has 0 aliphatic rings. The van der Waals surface area contributed by atoms with Crippen LogP contribution in [-0.4, -0.2) is 51.2 Å². The summed E-state index contributed by atoms with van der Waals surface area (Å²) in [6.45, 7) is 4.59. The Morgan fingerprint density at radius 1 is 1.12 bits per heavy atom. The number of hydrogen-bond donors (Lipinski definition) is 0. The van der Waals surface area contributed by atoms with Crippen molar-refractivity contribution in [3.8, 4) is 11.5 Å². The molecule has 1 amide bonds. The van der Waals surface area contributed by atoms with Gasteiger partial charge >= 0.3 is 5.97 Å². The molecule has 6 nitrogen and oxygen atoms in total. The highest BCUT2D eigenvalue weighted by Gasteiger charge is 2.20. The Labute approximate surface area is 143 Å². The third kappa shape index (κ3) is 5.44. The standard InChI is InChI=1S/C18H27NO5/c1-6-19(12-13(2)18(21)24-5)17(20)10-8-14-7-9-15(22-3)16(11-14)23-4/h7,9,11,13H,6,8,10,12H2,1-5H3. The summed E-state index contributed by atoms with van der Waals surface area (Å²) < 4.78 is 15.2. The van der Waals surface area contributed by atoms with Crippen molar-refractivity contribution >= 4 is 11.9 Å². The topological polar surface area (TPSA) is 65.1 Å². The van der Waals surface area contributed by atoms with Crippen LogP contribution in [0.25, 0.3) is 0 Å². The third-order valence-electron chi connectivity index (χ3n) is 3.91. The summed E-state index contributed by atoms with van der Waals surface area (Å²) in [6.07, 6.45) is 0.972. The van der Waals surface area contributed by atoms with Crippen LogP contribution in [0.1, 0.15) is 25.8 Å². The average molecular weight is 337 g/mol. The lowest BCUT2D eigenvalue weighted by Gasteiger charge is -2.23. The predicted molar refractivity (Wildman–Crippen MR) is 91.3 cm³/mol. The van der Waals surface area contributed by atoms with Crippen LogP contribution in [0.5, 0.6) is 11.5 Å². The zero-order valence-electron chi connectivity index (χ0n) is 15.1. The van der Waals surface area contributed by atoms with E-state index in [2.05, 4.69) is 0 Å². The minimum absolute atomic E-state index is 0.0167. The second-order valence-corrected chi connectivity index (χ2v) is 5.55. The summed E-state index contributed by atoms with van der Waals surface area (Å²) in [7, 11) is 4.52. The zero-order valence-corrected chi connectivity index (χ0v) is 15.1. The first-order chi connectivity index (χ1) is 11.5. The third-order valence-corrected chi connectivity index (χ3v) is 3.91. The second-order valence-electron chi connectivity index (χ2n) is 5.55. The molecule has 0 aliphatic carbocycles. The lowest BCUT2D eigenvalue weighted by Crippen LogP contribution is -2.37.